The van der Waals surface area contributed by atoms with Gasteiger partial charge in [-0.3, -0.25) is 14.5 Å². The molecule has 1 aromatic rings. The molecule has 2 rings (SSSR count). The first kappa shape index (κ1) is 19.4. The summed E-state index contributed by atoms with van der Waals surface area (Å²) < 4.78 is 5.26. The summed E-state index contributed by atoms with van der Waals surface area (Å²) >= 11 is 0. The van der Waals surface area contributed by atoms with E-state index in [1.165, 1.54) is 10.5 Å². The lowest BCUT2D eigenvalue weighted by molar-refractivity contribution is -0.142. The van der Waals surface area contributed by atoms with E-state index in [4.69, 9.17) is 4.74 Å². The number of likely N-dealkylation sites (N-methyl/N-ethyl adjacent to an activating group) is 1. The molecule has 6 nitrogen and oxygen atoms in total. The fourth-order valence-electron chi connectivity index (χ4n) is 2.89. The number of ether oxygens (including phenoxy) is 1. The standard InChI is InChI=1S/C19H29N3O3/c1-3-9-21(14-17-7-5-4-6-8-17)16-18(23)20(2)15-19(24)22-10-12-25-13-11-22/h4-8H,3,9-16H2,1-2H3. The van der Waals surface area contributed by atoms with E-state index >= 15 is 0 Å². The topological polar surface area (TPSA) is 53.1 Å². The van der Waals surface area contributed by atoms with Gasteiger partial charge in [-0.25, -0.2) is 0 Å². The number of hydrogen-bond donors (Lipinski definition) is 0. The van der Waals surface area contributed by atoms with Crippen molar-refractivity contribution in [3.8, 4) is 0 Å². The highest BCUT2D eigenvalue weighted by Gasteiger charge is 2.21. The van der Waals surface area contributed by atoms with Gasteiger partial charge in [0.2, 0.25) is 11.8 Å². The first-order chi connectivity index (χ1) is 12.1. The molecule has 1 aliphatic rings. The maximum atomic E-state index is 12.5. The van der Waals surface area contributed by atoms with Crippen molar-refractivity contribution in [1.82, 2.24) is 14.7 Å². The third-order valence-corrected chi connectivity index (χ3v) is 4.31. The van der Waals surface area contributed by atoms with Gasteiger partial charge in [-0.15, -0.1) is 0 Å². The van der Waals surface area contributed by atoms with Crippen LogP contribution in [0.3, 0.4) is 0 Å². The molecular formula is C19H29N3O3. The normalized spacial score (nSPS) is 14.6. The van der Waals surface area contributed by atoms with Crippen LogP contribution in [0.15, 0.2) is 30.3 Å². The van der Waals surface area contributed by atoms with Crippen LogP contribution >= 0.6 is 0 Å². The summed E-state index contributed by atoms with van der Waals surface area (Å²) in [6.07, 6.45) is 0.983. The molecule has 0 N–H and O–H groups in total. The van der Waals surface area contributed by atoms with Crippen LogP contribution in [0.4, 0.5) is 0 Å². The fourth-order valence-corrected chi connectivity index (χ4v) is 2.89. The predicted octanol–water partition coefficient (Wildman–Crippen LogP) is 1.22. The smallest absolute Gasteiger partial charge is 0.242 e. The number of amides is 2. The Labute approximate surface area is 150 Å². The second-order valence-corrected chi connectivity index (χ2v) is 6.44. The monoisotopic (exact) mass is 347 g/mol. The van der Waals surface area contributed by atoms with Crippen LogP contribution in [0, 0.1) is 0 Å². The van der Waals surface area contributed by atoms with E-state index in [9.17, 15) is 9.59 Å². The molecule has 1 heterocycles. The summed E-state index contributed by atoms with van der Waals surface area (Å²) in [5.74, 6) is -0.0322. The lowest BCUT2D eigenvalue weighted by atomic mass is 10.2. The quantitative estimate of drug-likeness (QED) is 0.709. The van der Waals surface area contributed by atoms with E-state index in [1.807, 2.05) is 18.2 Å². The molecule has 0 bridgehead atoms. The predicted molar refractivity (Wildman–Crippen MR) is 97.0 cm³/mol. The van der Waals surface area contributed by atoms with Gasteiger partial charge < -0.3 is 14.5 Å². The largest absolute Gasteiger partial charge is 0.378 e. The number of nitrogens with zero attached hydrogens (tertiary/aromatic N) is 3. The zero-order valence-electron chi connectivity index (χ0n) is 15.3. The zero-order valence-corrected chi connectivity index (χ0v) is 15.3. The summed E-state index contributed by atoms with van der Waals surface area (Å²) in [5, 5.41) is 0. The molecule has 1 fully saturated rings. The highest BCUT2D eigenvalue weighted by atomic mass is 16.5. The third-order valence-electron chi connectivity index (χ3n) is 4.31. The van der Waals surface area contributed by atoms with Gasteiger partial charge in [0.25, 0.3) is 0 Å². The SMILES string of the molecule is CCCN(CC(=O)N(C)CC(=O)N1CCOCC1)Cc1ccccc1. The van der Waals surface area contributed by atoms with Crippen molar-refractivity contribution in [2.75, 3.05) is 53.0 Å². The molecule has 25 heavy (non-hydrogen) atoms. The molecule has 1 aromatic carbocycles. The van der Waals surface area contributed by atoms with Gasteiger partial charge in [-0.1, -0.05) is 37.3 Å². The van der Waals surface area contributed by atoms with Gasteiger partial charge in [0.05, 0.1) is 26.3 Å². The molecule has 0 atom stereocenters. The molecule has 1 saturated heterocycles. The molecular weight excluding hydrogens is 318 g/mol. The van der Waals surface area contributed by atoms with Crippen molar-refractivity contribution in [2.24, 2.45) is 0 Å². The molecule has 0 saturated carbocycles. The molecule has 1 aliphatic heterocycles. The molecule has 0 aromatic heterocycles. The minimum atomic E-state index is -0.0222. The number of carbonyl (C=O) groups is 2. The molecule has 2 amide bonds. The van der Waals surface area contributed by atoms with Crippen LogP contribution < -0.4 is 0 Å². The van der Waals surface area contributed by atoms with Crippen LogP contribution in [-0.2, 0) is 20.9 Å². The molecule has 6 heteroatoms. The number of morpholine rings is 1. The minimum Gasteiger partial charge on any atom is -0.378 e. The Balaban J connectivity index is 1.85. The van der Waals surface area contributed by atoms with Gasteiger partial charge in [-0.05, 0) is 18.5 Å². The highest BCUT2D eigenvalue weighted by Crippen LogP contribution is 2.06. The van der Waals surface area contributed by atoms with E-state index in [0.717, 1.165) is 19.5 Å². The first-order valence-electron chi connectivity index (χ1n) is 8.96. The first-order valence-corrected chi connectivity index (χ1v) is 8.96. The Hall–Kier alpha value is -1.92. The molecule has 138 valence electrons. The van der Waals surface area contributed by atoms with Crippen LogP contribution in [0.5, 0.6) is 0 Å². The second-order valence-electron chi connectivity index (χ2n) is 6.44. The van der Waals surface area contributed by atoms with Crippen molar-refractivity contribution in [2.45, 2.75) is 19.9 Å². The van der Waals surface area contributed by atoms with Crippen LogP contribution in [-0.4, -0.2) is 79.5 Å². The summed E-state index contributed by atoms with van der Waals surface area (Å²) in [5.41, 5.74) is 1.19. The van der Waals surface area contributed by atoms with Crippen molar-refractivity contribution >= 4 is 11.8 Å². The molecule has 0 radical (unpaired) electrons. The Bertz CT molecular complexity index is 544. The average molecular weight is 347 g/mol. The maximum absolute atomic E-state index is 12.5. The van der Waals surface area contributed by atoms with E-state index in [-0.39, 0.29) is 18.4 Å². The van der Waals surface area contributed by atoms with Crippen molar-refractivity contribution in [3.05, 3.63) is 35.9 Å². The number of carbonyl (C=O) groups excluding carboxylic acids is 2. The summed E-state index contributed by atoms with van der Waals surface area (Å²) in [7, 11) is 1.70. The van der Waals surface area contributed by atoms with Crippen molar-refractivity contribution in [1.29, 1.82) is 0 Å². The maximum Gasteiger partial charge on any atom is 0.242 e. The third kappa shape index (κ3) is 6.48. The van der Waals surface area contributed by atoms with Gasteiger partial charge in [0, 0.05) is 26.7 Å². The lowest BCUT2D eigenvalue weighted by Crippen LogP contribution is -2.47. The van der Waals surface area contributed by atoms with Crippen molar-refractivity contribution < 1.29 is 14.3 Å². The number of rotatable bonds is 8. The molecule has 0 unspecified atom stereocenters. The Morgan fingerprint density at radius 2 is 1.80 bits per heavy atom. The van der Waals surface area contributed by atoms with Gasteiger partial charge in [0.15, 0.2) is 0 Å². The Morgan fingerprint density at radius 3 is 2.44 bits per heavy atom. The fraction of sp³-hybridized carbons (Fsp3) is 0.579. The van der Waals surface area contributed by atoms with Gasteiger partial charge in [0.1, 0.15) is 0 Å². The Morgan fingerprint density at radius 1 is 1.12 bits per heavy atom. The Kier molecular flexibility index (Phi) is 7.88. The highest BCUT2D eigenvalue weighted by molar-refractivity contribution is 5.85. The van der Waals surface area contributed by atoms with E-state index in [1.54, 1.807) is 11.9 Å². The molecule has 0 aliphatic carbocycles. The zero-order chi connectivity index (χ0) is 18.1. The van der Waals surface area contributed by atoms with Crippen LogP contribution in [0.2, 0.25) is 0 Å². The van der Waals surface area contributed by atoms with Gasteiger partial charge >= 0.3 is 0 Å². The summed E-state index contributed by atoms with van der Waals surface area (Å²) in [4.78, 5) is 30.2. The average Bonchev–Trinajstić information content (AvgIpc) is 2.63. The lowest BCUT2D eigenvalue weighted by Gasteiger charge is -2.29. The number of hydrogen-bond acceptors (Lipinski definition) is 4. The molecule has 0 spiro atoms. The number of benzene rings is 1. The van der Waals surface area contributed by atoms with Gasteiger partial charge in [-0.2, -0.15) is 0 Å². The van der Waals surface area contributed by atoms with E-state index < -0.39 is 0 Å². The van der Waals surface area contributed by atoms with E-state index in [2.05, 4.69) is 24.0 Å². The summed E-state index contributed by atoms with van der Waals surface area (Å²) in [6.45, 7) is 6.52. The second kappa shape index (κ2) is 10.2. The van der Waals surface area contributed by atoms with E-state index in [0.29, 0.717) is 32.8 Å². The van der Waals surface area contributed by atoms with Crippen LogP contribution in [0.1, 0.15) is 18.9 Å². The summed E-state index contributed by atoms with van der Waals surface area (Å²) in [6, 6.07) is 10.1. The van der Waals surface area contributed by atoms with Crippen LogP contribution in [0.25, 0.3) is 0 Å². The minimum absolute atomic E-state index is 0.00995. The van der Waals surface area contributed by atoms with Crippen molar-refractivity contribution in [3.63, 3.8) is 0 Å².